The first kappa shape index (κ1) is 20.6. The number of hydrogen-bond donors (Lipinski definition) is 1. The van der Waals surface area contributed by atoms with E-state index in [1.807, 2.05) is 0 Å². The molecular weight excluding hydrogens is 426 g/mol. The molecule has 1 amide bonds. The van der Waals surface area contributed by atoms with Crippen molar-refractivity contribution in [2.75, 3.05) is 18.4 Å². The Morgan fingerprint density at radius 2 is 1.73 bits per heavy atom. The number of hydrogen-bond acceptors (Lipinski definition) is 4. The highest BCUT2D eigenvalue weighted by molar-refractivity contribution is 7.89. The maximum Gasteiger partial charge on any atom is 0.244 e. The number of carbonyl (C=O) groups excluding carboxylic acids is 1. The Morgan fingerprint density at radius 1 is 1.03 bits per heavy atom. The second-order valence-corrected chi connectivity index (χ2v) is 9.53. The molecule has 1 aliphatic heterocycles. The van der Waals surface area contributed by atoms with Gasteiger partial charge in [0.25, 0.3) is 0 Å². The maximum absolute atomic E-state index is 12.6. The smallest absolute Gasteiger partial charge is 0.244 e. The second-order valence-electron chi connectivity index (χ2n) is 7.15. The minimum atomic E-state index is -3.49. The molecule has 2 aromatic carbocycles. The van der Waals surface area contributed by atoms with Crippen molar-refractivity contribution in [3.05, 3.63) is 70.0 Å². The minimum absolute atomic E-state index is 0.00770. The zero-order chi connectivity index (χ0) is 21.3. The number of pyridine rings is 1. The van der Waals surface area contributed by atoms with Crippen LogP contribution in [0, 0.1) is 0 Å². The fourth-order valence-corrected chi connectivity index (χ4v) is 5.25. The van der Waals surface area contributed by atoms with Crippen molar-refractivity contribution in [3.63, 3.8) is 0 Å². The largest absolute Gasteiger partial charge is 0.338 e. The van der Waals surface area contributed by atoms with Gasteiger partial charge in [0.1, 0.15) is 6.54 Å². The maximum atomic E-state index is 12.6. The molecule has 3 aromatic rings. The summed E-state index contributed by atoms with van der Waals surface area (Å²) >= 11 is 5.97. The summed E-state index contributed by atoms with van der Waals surface area (Å²) in [6.45, 7) is 1.07. The molecule has 0 saturated carbocycles. The summed E-state index contributed by atoms with van der Waals surface area (Å²) in [4.78, 5) is 24.8. The molecule has 9 heteroatoms. The van der Waals surface area contributed by atoms with E-state index >= 15 is 0 Å². The molecule has 1 fully saturated rings. The molecule has 156 valence electrons. The SMILES string of the molecule is O=C(Cn1ccc(=O)c2cc(Cl)ccc21)Nc1ccc(S(=O)(=O)N2CCCC2)cc1. The molecule has 0 atom stereocenters. The second kappa shape index (κ2) is 8.22. The standard InChI is InChI=1S/C21H20ClN3O4S/c22-15-3-8-19-18(13-15)20(26)9-12-24(19)14-21(27)23-16-4-6-17(7-5-16)30(28,29)25-10-1-2-11-25/h3-9,12-13H,1-2,10-11,14H2,(H,23,27). The summed E-state index contributed by atoms with van der Waals surface area (Å²) in [5, 5.41) is 3.65. The van der Waals surface area contributed by atoms with Crippen LogP contribution in [0.1, 0.15) is 12.8 Å². The van der Waals surface area contributed by atoms with E-state index in [1.165, 1.54) is 22.5 Å². The van der Waals surface area contributed by atoms with E-state index in [-0.39, 0.29) is 22.8 Å². The molecule has 0 aliphatic carbocycles. The van der Waals surface area contributed by atoms with Crippen molar-refractivity contribution in [2.24, 2.45) is 0 Å². The molecule has 1 N–H and O–H groups in total. The molecule has 1 aromatic heterocycles. The normalized spacial score (nSPS) is 14.8. The van der Waals surface area contributed by atoms with Gasteiger partial charge in [0, 0.05) is 41.4 Å². The quantitative estimate of drug-likeness (QED) is 0.653. The van der Waals surface area contributed by atoms with Gasteiger partial charge < -0.3 is 9.88 Å². The summed E-state index contributed by atoms with van der Waals surface area (Å²) < 4.78 is 28.3. The van der Waals surface area contributed by atoms with Crippen molar-refractivity contribution in [1.82, 2.24) is 8.87 Å². The van der Waals surface area contributed by atoms with Crippen LogP contribution in [-0.4, -0.2) is 36.3 Å². The molecule has 4 rings (SSSR count). The van der Waals surface area contributed by atoms with Crippen LogP contribution in [0.15, 0.2) is 64.4 Å². The molecular formula is C21H20ClN3O4S. The lowest BCUT2D eigenvalue weighted by molar-refractivity contribution is -0.116. The number of anilines is 1. The molecule has 0 radical (unpaired) electrons. The topological polar surface area (TPSA) is 88.5 Å². The van der Waals surface area contributed by atoms with Crippen LogP contribution >= 0.6 is 11.6 Å². The van der Waals surface area contributed by atoms with Gasteiger partial charge >= 0.3 is 0 Å². The summed E-state index contributed by atoms with van der Waals surface area (Å²) in [7, 11) is -3.49. The highest BCUT2D eigenvalue weighted by atomic mass is 35.5. The molecule has 0 unspecified atom stereocenters. The molecule has 7 nitrogen and oxygen atoms in total. The Bertz CT molecular complexity index is 1260. The van der Waals surface area contributed by atoms with Crippen molar-refractivity contribution >= 4 is 44.1 Å². The van der Waals surface area contributed by atoms with Crippen molar-refractivity contribution in [3.8, 4) is 0 Å². The lowest BCUT2D eigenvalue weighted by Gasteiger charge is -2.16. The molecule has 1 saturated heterocycles. The lowest BCUT2D eigenvalue weighted by Crippen LogP contribution is -2.27. The van der Waals surface area contributed by atoms with Crippen LogP contribution in [0.3, 0.4) is 0 Å². The zero-order valence-corrected chi connectivity index (χ0v) is 17.6. The van der Waals surface area contributed by atoms with E-state index in [2.05, 4.69) is 5.32 Å². The summed E-state index contributed by atoms with van der Waals surface area (Å²) in [6.07, 6.45) is 3.31. The third-order valence-corrected chi connectivity index (χ3v) is 7.24. The van der Waals surface area contributed by atoms with Crippen molar-refractivity contribution in [2.45, 2.75) is 24.3 Å². The average molecular weight is 446 g/mol. The number of aromatic nitrogens is 1. The number of benzene rings is 2. The van der Waals surface area contributed by atoms with E-state index in [1.54, 1.807) is 41.1 Å². The van der Waals surface area contributed by atoms with E-state index in [0.29, 0.717) is 34.7 Å². The van der Waals surface area contributed by atoms with E-state index in [9.17, 15) is 18.0 Å². The first-order chi connectivity index (χ1) is 14.3. The zero-order valence-electron chi connectivity index (χ0n) is 16.0. The van der Waals surface area contributed by atoms with Gasteiger partial charge in [0.05, 0.1) is 10.4 Å². The molecule has 0 bridgehead atoms. The summed E-state index contributed by atoms with van der Waals surface area (Å²) in [6, 6.07) is 12.5. The number of amides is 1. The molecule has 2 heterocycles. The van der Waals surface area contributed by atoms with Crippen LogP contribution in [0.2, 0.25) is 5.02 Å². The number of sulfonamides is 1. The Balaban J connectivity index is 1.49. The van der Waals surface area contributed by atoms with E-state index < -0.39 is 10.0 Å². The molecule has 1 aliphatic rings. The van der Waals surface area contributed by atoms with Crippen molar-refractivity contribution < 1.29 is 13.2 Å². The monoisotopic (exact) mass is 445 g/mol. The molecule has 30 heavy (non-hydrogen) atoms. The lowest BCUT2D eigenvalue weighted by atomic mass is 10.2. The first-order valence-corrected chi connectivity index (χ1v) is 11.4. The van der Waals surface area contributed by atoms with Gasteiger partial charge in [-0.2, -0.15) is 4.31 Å². The van der Waals surface area contributed by atoms with Crippen LogP contribution in [0.4, 0.5) is 5.69 Å². The van der Waals surface area contributed by atoms with Gasteiger partial charge in [-0.1, -0.05) is 11.6 Å². The van der Waals surface area contributed by atoms with Gasteiger partial charge in [-0.05, 0) is 55.3 Å². The number of carbonyl (C=O) groups is 1. The Morgan fingerprint density at radius 3 is 2.43 bits per heavy atom. The van der Waals surface area contributed by atoms with Crippen LogP contribution in [0.5, 0.6) is 0 Å². The van der Waals surface area contributed by atoms with E-state index in [0.717, 1.165) is 12.8 Å². The van der Waals surface area contributed by atoms with Gasteiger partial charge in [-0.3, -0.25) is 9.59 Å². The third-order valence-electron chi connectivity index (χ3n) is 5.09. The van der Waals surface area contributed by atoms with Crippen LogP contribution in [-0.2, 0) is 21.4 Å². The number of fused-ring (bicyclic) bond motifs is 1. The van der Waals surface area contributed by atoms with Crippen LogP contribution < -0.4 is 10.7 Å². The van der Waals surface area contributed by atoms with Gasteiger partial charge in [0.15, 0.2) is 5.43 Å². The van der Waals surface area contributed by atoms with Gasteiger partial charge in [0.2, 0.25) is 15.9 Å². The van der Waals surface area contributed by atoms with Crippen molar-refractivity contribution in [1.29, 1.82) is 0 Å². The highest BCUT2D eigenvalue weighted by Crippen LogP contribution is 2.22. The summed E-state index contributed by atoms with van der Waals surface area (Å²) in [5.41, 5.74) is 0.932. The Labute approximate surface area is 178 Å². The number of nitrogens with one attached hydrogen (secondary N) is 1. The number of nitrogens with zero attached hydrogens (tertiary/aromatic N) is 2. The minimum Gasteiger partial charge on any atom is -0.338 e. The predicted molar refractivity (Wildman–Crippen MR) is 116 cm³/mol. The van der Waals surface area contributed by atoms with E-state index in [4.69, 9.17) is 11.6 Å². The Hall–Kier alpha value is -2.68. The number of rotatable bonds is 5. The fraction of sp³-hybridized carbons (Fsp3) is 0.238. The van der Waals surface area contributed by atoms with Crippen LogP contribution in [0.25, 0.3) is 10.9 Å². The Kier molecular flexibility index (Phi) is 5.64. The summed E-state index contributed by atoms with van der Waals surface area (Å²) in [5.74, 6) is -0.301. The first-order valence-electron chi connectivity index (χ1n) is 9.53. The molecule has 0 spiro atoms. The third kappa shape index (κ3) is 4.12. The average Bonchev–Trinajstić information content (AvgIpc) is 3.26. The van der Waals surface area contributed by atoms with Gasteiger partial charge in [-0.25, -0.2) is 8.42 Å². The highest BCUT2D eigenvalue weighted by Gasteiger charge is 2.26. The van der Waals surface area contributed by atoms with Gasteiger partial charge in [-0.15, -0.1) is 0 Å². The fourth-order valence-electron chi connectivity index (χ4n) is 3.56. The number of halogens is 1. The predicted octanol–water partition coefficient (Wildman–Crippen LogP) is 3.08.